The van der Waals surface area contributed by atoms with E-state index in [2.05, 4.69) is 82.1 Å². The van der Waals surface area contributed by atoms with E-state index in [4.69, 9.17) is 4.74 Å². The van der Waals surface area contributed by atoms with Gasteiger partial charge in [-0.25, -0.2) is 0 Å². The molecule has 2 aromatic rings. The second-order valence-corrected chi connectivity index (χ2v) is 13.1. The van der Waals surface area contributed by atoms with Crippen LogP contribution in [0.1, 0.15) is 85.1 Å². The molecule has 1 aromatic carbocycles. The molecule has 0 spiro atoms. The van der Waals surface area contributed by atoms with Crippen LogP contribution < -0.4 is 0 Å². The predicted molar refractivity (Wildman–Crippen MR) is 141 cm³/mol. The molecular weight excluding hydrogens is 414 g/mol. The van der Waals surface area contributed by atoms with Gasteiger partial charge in [-0.3, -0.25) is 4.98 Å². The zero-order valence-corrected chi connectivity index (χ0v) is 21.7. The van der Waals surface area contributed by atoms with Crippen LogP contribution in [0.3, 0.4) is 0 Å². The van der Waals surface area contributed by atoms with Crippen LogP contribution in [0.25, 0.3) is 16.5 Å². The number of hydrogen-bond donors (Lipinski definition) is 0. The van der Waals surface area contributed by atoms with E-state index in [-0.39, 0.29) is 5.60 Å². The number of fused-ring (bicyclic) bond motifs is 6. The molecule has 0 aliphatic heterocycles. The van der Waals surface area contributed by atoms with Crippen LogP contribution in [-0.4, -0.2) is 16.7 Å². The van der Waals surface area contributed by atoms with Crippen LogP contribution in [0, 0.1) is 28.6 Å². The molecule has 0 N–H and O–H groups in total. The van der Waals surface area contributed by atoms with E-state index < -0.39 is 0 Å². The van der Waals surface area contributed by atoms with Crippen molar-refractivity contribution >= 4 is 16.5 Å². The minimum Gasteiger partial charge on any atom is -0.372 e. The second-order valence-electron chi connectivity index (χ2n) is 13.1. The molecule has 180 valence electrons. The molecule has 2 nitrogen and oxygen atoms in total. The van der Waals surface area contributed by atoms with Gasteiger partial charge in [-0.2, -0.15) is 0 Å². The lowest BCUT2D eigenvalue weighted by molar-refractivity contribution is -0.0894. The minimum absolute atomic E-state index is 0.0480. The van der Waals surface area contributed by atoms with Crippen molar-refractivity contribution in [2.24, 2.45) is 28.6 Å². The third kappa shape index (κ3) is 3.51. The molecule has 2 heteroatoms. The van der Waals surface area contributed by atoms with Crippen molar-refractivity contribution in [1.29, 1.82) is 0 Å². The van der Waals surface area contributed by atoms with Gasteiger partial charge in [0.15, 0.2) is 0 Å². The second kappa shape index (κ2) is 7.79. The Balaban J connectivity index is 1.26. The number of nitrogens with zero attached hydrogens (tertiary/aromatic N) is 1. The van der Waals surface area contributed by atoms with E-state index >= 15 is 0 Å². The Morgan fingerprint density at radius 3 is 2.59 bits per heavy atom. The fourth-order valence-electron chi connectivity index (χ4n) is 8.49. The van der Waals surface area contributed by atoms with Gasteiger partial charge in [-0.05, 0) is 124 Å². The molecule has 34 heavy (non-hydrogen) atoms. The Morgan fingerprint density at radius 1 is 0.941 bits per heavy atom. The van der Waals surface area contributed by atoms with Crippen molar-refractivity contribution in [3.05, 3.63) is 59.8 Å². The van der Waals surface area contributed by atoms with Gasteiger partial charge < -0.3 is 4.74 Å². The lowest BCUT2D eigenvalue weighted by atomic mass is 9.47. The van der Waals surface area contributed by atoms with Crippen LogP contribution in [-0.2, 0) is 4.74 Å². The maximum atomic E-state index is 6.43. The Labute approximate surface area is 205 Å². The fourth-order valence-corrected chi connectivity index (χ4v) is 8.49. The molecule has 0 saturated heterocycles. The van der Waals surface area contributed by atoms with Crippen LogP contribution in [0.15, 0.2) is 54.3 Å². The number of hydrogen-bond acceptors (Lipinski definition) is 2. The van der Waals surface area contributed by atoms with Crippen LogP contribution >= 0.6 is 0 Å². The van der Waals surface area contributed by atoms with Crippen molar-refractivity contribution in [2.45, 2.75) is 91.3 Å². The van der Waals surface area contributed by atoms with E-state index in [0.717, 1.165) is 29.7 Å². The van der Waals surface area contributed by atoms with E-state index in [1.165, 1.54) is 49.5 Å². The molecule has 4 aliphatic carbocycles. The Morgan fingerprint density at radius 2 is 1.76 bits per heavy atom. The molecule has 1 aromatic heterocycles. The zero-order valence-electron chi connectivity index (χ0n) is 21.7. The Kier molecular flexibility index (Phi) is 5.16. The molecule has 2 fully saturated rings. The number of rotatable bonds is 2. The smallest absolute Gasteiger partial charge is 0.0702 e. The van der Waals surface area contributed by atoms with E-state index in [9.17, 15) is 0 Å². The first-order chi connectivity index (χ1) is 16.2. The molecule has 0 amide bonds. The van der Waals surface area contributed by atoms with E-state index in [0.29, 0.717) is 16.9 Å². The highest BCUT2D eigenvalue weighted by atomic mass is 16.5. The predicted octanol–water partition coefficient (Wildman–Crippen LogP) is 8.37. The quantitative estimate of drug-likeness (QED) is 0.424. The van der Waals surface area contributed by atoms with Crippen LogP contribution in [0.5, 0.6) is 0 Å². The number of benzene rings is 1. The van der Waals surface area contributed by atoms with E-state index in [1.54, 1.807) is 11.1 Å². The summed E-state index contributed by atoms with van der Waals surface area (Å²) in [4.78, 5) is 4.54. The maximum Gasteiger partial charge on any atom is 0.0702 e. The fraction of sp³-hybridized carbons (Fsp3) is 0.594. The number of aromatic nitrogens is 1. The van der Waals surface area contributed by atoms with Crippen molar-refractivity contribution in [3.63, 3.8) is 0 Å². The molecule has 6 rings (SSSR count). The largest absolute Gasteiger partial charge is 0.372 e. The van der Waals surface area contributed by atoms with Gasteiger partial charge >= 0.3 is 0 Å². The summed E-state index contributed by atoms with van der Waals surface area (Å²) in [5, 5.41) is 1.26. The summed E-state index contributed by atoms with van der Waals surface area (Å²) >= 11 is 0. The molecule has 0 bridgehead atoms. The zero-order chi connectivity index (χ0) is 23.7. The monoisotopic (exact) mass is 455 g/mol. The van der Waals surface area contributed by atoms with Crippen molar-refractivity contribution in [1.82, 2.24) is 4.98 Å². The maximum absolute atomic E-state index is 6.43. The third-order valence-corrected chi connectivity index (χ3v) is 10.1. The summed E-state index contributed by atoms with van der Waals surface area (Å²) in [6.07, 6.45) is 16.4. The molecule has 4 aliphatic rings. The lowest BCUT2D eigenvalue weighted by Gasteiger charge is -2.58. The summed E-state index contributed by atoms with van der Waals surface area (Å²) < 4.78 is 6.43. The first-order valence-electron chi connectivity index (χ1n) is 13.6. The van der Waals surface area contributed by atoms with Gasteiger partial charge in [-0.1, -0.05) is 43.7 Å². The van der Waals surface area contributed by atoms with Crippen LogP contribution in [0.4, 0.5) is 0 Å². The standard InChI is InChI=1S/C32H41NO/c1-30(2,3)34-24-14-16-31(4)23(20-24)9-10-25-27-12-11-26(32(27,5)17-15-28(25)31)21-8-13-29-22(19-21)7-6-18-33-29/h6-9,11,13,18-19,24-25,27-28H,10,12,14-17,20H2,1-5H3/t24-,25-,27-,28-,31-,32+/m0/s1. The number of ether oxygens (including phenoxy) is 1. The van der Waals surface area contributed by atoms with Gasteiger partial charge in [-0.15, -0.1) is 0 Å². The van der Waals surface area contributed by atoms with Crippen molar-refractivity contribution < 1.29 is 4.74 Å². The number of pyridine rings is 1. The molecular formula is C32H41NO. The molecule has 2 saturated carbocycles. The summed E-state index contributed by atoms with van der Waals surface area (Å²) in [5.74, 6) is 2.40. The lowest BCUT2D eigenvalue weighted by Crippen LogP contribution is -2.50. The third-order valence-electron chi connectivity index (χ3n) is 10.1. The minimum atomic E-state index is -0.0480. The summed E-state index contributed by atoms with van der Waals surface area (Å²) in [6.45, 7) is 11.8. The van der Waals surface area contributed by atoms with Gasteiger partial charge in [0.1, 0.15) is 0 Å². The van der Waals surface area contributed by atoms with Crippen LogP contribution in [0.2, 0.25) is 0 Å². The topological polar surface area (TPSA) is 22.1 Å². The van der Waals surface area contributed by atoms with Crippen molar-refractivity contribution in [2.75, 3.05) is 0 Å². The van der Waals surface area contributed by atoms with Gasteiger partial charge in [0, 0.05) is 11.6 Å². The molecule has 0 radical (unpaired) electrons. The first-order valence-corrected chi connectivity index (χ1v) is 13.6. The average molecular weight is 456 g/mol. The molecule has 0 unspecified atom stereocenters. The average Bonchev–Trinajstić information content (AvgIpc) is 3.15. The highest BCUT2D eigenvalue weighted by Crippen LogP contribution is 2.66. The highest BCUT2D eigenvalue weighted by Gasteiger charge is 2.57. The van der Waals surface area contributed by atoms with Crippen molar-refractivity contribution in [3.8, 4) is 0 Å². The Bertz CT molecular complexity index is 1170. The molecule has 6 atom stereocenters. The SMILES string of the molecule is CC(C)(C)O[C@H]1CC[C@@]2(C)C(=CC[C@@H]3[C@@H]2CC[C@]2(C)C(c4ccc5ncccc5c4)=CC[C@@H]32)C1. The van der Waals surface area contributed by atoms with E-state index in [1.807, 2.05) is 6.20 Å². The molecule has 1 heterocycles. The summed E-state index contributed by atoms with van der Waals surface area (Å²) in [6, 6.07) is 11.2. The van der Waals surface area contributed by atoms with Gasteiger partial charge in [0.25, 0.3) is 0 Å². The normalized spacial score (nSPS) is 37.4. The summed E-state index contributed by atoms with van der Waals surface area (Å²) in [7, 11) is 0. The summed E-state index contributed by atoms with van der Waals surface area (Å²) in [5.41, 5.74) is 6.45. The highest BCUT2D eigenvalue weighted by molar-refractivity contribution is 5.85. The van der Waals surface area contributed by atoms with Gasteiger partial charge in [0.05, 0.1) is 17.2 Å². The van der Waals surface area contributed by atoms with Gasteiger partial charge in [0.2, 0.25) is 0 Å². The number of allylic oxidation sites excluding steroid dienone is 3. The first kappa shape index (κ1) is 22.5. The Hall–Kier alpha value is -1.93.